The summed E-state index contributed by atoms with van der Waals surface area (Å²) in [6.07, 6.45) is 1.31. The maximum absolute atomic E-state index is 12.9. The summed E-state index contributed by atoms with van der Waals surface area (Å²) in [5.74, 6) is -0.350. The lowest BCUT2D eigenvalue weighted by molar-refractivity contribution is -0.116. The standard InChI is InChI=1S/C20H21N3O5S/c1-5-28-20(26)17-12(3)16-18(29-17)21-10-23(19(16)25)9-15(24)22-13-8-11(2)6-7-14(13)27-4/h6-8,10H,5,9H2,1-4H3,(H,22,24). The van der Waals surface area contributed by atoms with Crippen LogP contribution in [0.5, 0.6) is 5.75 Å². The second-order valence-corrected chi connectivity index (χ2v) is 7.39. The van der Waals surface area contributed by atoms with Gasteiger partial charge in [-0.3, -0.25) is 14.2 Å². The highest BCUT2D eigenvalue weighted by Gasteiger charge is 2.21. The van der Waals surface area contributed by atoms with E-state index < -0.39 is 11.9 Å². The van der Waals surface area contributed by atoms with Gasteiger partial charge in [-0.05, 0) is 44.0 Å². The molecule has 3 rings (SSSR count). The Hall–Kier alpha value is -3.20. The molecule has 0 unspecified atom stereocenters. The minimum Gasteiger partial charge on any atom is -0.495 e. The number of rotatable bonds is 6. The Balaban J connectivity index is 1.89. The monoisotopic (exact) mass is 415 g/mol. The maximum Gasteiger partial charge on any atom is 0.348 e. The van der Waals surface area contributed by atoms with E-state index in [-0.39, 0.29) is 18.7 Å². The molecule has 0 aliphatic heterocycles. The summed E-state index contributed by atoms with van der Waals surface area (Å²) in [4.78, 5) is 42.5. The third-order valence-corrected chi connectivity index (χ3v) is 5.50. The van der Waals surface area contributed by atoms with Gasteiger partial charge in [-0.2, -0.15) is 0 Å². The van der Waals surface area contributed by atoms with Crippen LogP contribution in [0.25, 0.3) is 10.2 Å². The number of methoxy groups -OCH3 is 1. The molecule has 1 N–H and O–H groups in total. The molecule has 2 aromatic heterocycles. The van der Waals surface area contributed by atoms with Crippen LogP contribution in [-0.4, -0.2) is 35.1 Å². The van der Waals surface area contributed by atoms with Crippen molar-refractivity contribution in [3.63, 3.8) is 0 Å². The molecule has 0 saturated heterocycles. The van der Waals surface area contributed by atoms with E-state index in [1.54, 1.807) is 26.0 Å². The van der Waals surface area contributed by atoms with Gasteiger partial charge in [-0.15, -0.1) is 11.3 Å². The van der Waals surface area contributed by atoms with E-state index in [0.29, 0.717) is 32.1 Å². The molecule has 1 aromatic carbocycles. The Kier molecular flexibility index (Phi) is 5.97. The third kappa shape index (κ3) is 4.14. The Morgan fingerprint density at radius 1 is 1.28 bits per heavy atom. The lowest BCUT2D eigenvalue weighted by atomic mass is 10.2. The van der Waals surface area contributed by atoms with Gasteiger partial charge < -0.3 is 14.8 Å². The van der Waals surface area contributed by atoms with Crippen molar-refractivity contribution in [1.82, 2.24) is 9.55 Å². The Morgan fingerprint density at radius 2 is 2.03 bits per heavy atom. The average Bonchev–Trinajstić information content (AvgIpc) is 3.02. The molecule has 0 bridgehead atoms. The molecular formula is C20H21N3O5S. The Labute approximate surface area is 171 Å². The van der Waals surface area contributed by atoms with Crippen molar-refractivity contribution < 1.29 is 19.1 Å². The van der Waals surface area contributed by atoms with Crippen LogP contribution in [0.1, 0.15) is 27.7 Å². The van der Waals surface area contributed by atoms with Crippen LogP contribution in [0, 0.1) is 13.8 Å². The van der Waals surface area contributed by atoms with Crippen molar-refractivity contribution in [1.29, 1.82) is 0 Å². The minimum absolute atomic E-state index is 0.219. The molecule has 0 saturated carbocycles. The van der Waals surface area contributed by atoms with Gasteiger partial charge in [0.1, 0.15) is 22.0 Å². The van der Waals surface area contributed by atoms with Gasteiger partial charge in [0.2, 0.25) is 5.91 Å². The first-order valence-corrected chi connectivity index (χ1v) is 9.77. The molecule has 9 heteroatoms. The fourth-order valence-electron chi connectivity index (χ4n) is 2.93. The molecule has 152 valence electrons. The zero-order chi connectivity index (χ0) is 21.1. The summed E-state index contributed by atoms with van der Waals surface area (Å²) >= 11 is 1.11. The van der Waals surface area contributed by atoms with Crippen molar-refractivity contribution in [2.45, 2.75) is 27.3 Å². The Bertz CT molecular complexity index is 1150. The van der Waals surface area contributed by atoms with E-state index in [4.69, 9.17) is 9.47 Å². The van der Waals surface area contributed by atoms with Crippen LogP contribution in [0.3, 0.4) is 0 Å². The number of carbonyl (C=O) groups excluding carboxylic acids is 2. The number of fused-ring (bicyclic) bond motifs is 1. The normalized spacial score (nSPS) is 10.8. The van der Waals surface area contributed by atoms with Gasteiger partial charge >= 0.3 is 5.97 Å². The summed E-state index contributed by atoms with van der Waals surface area (Å²) in [6, 6.07) is 5.42. The topological polar surface area (TPSA) is 99.5 Å². The molecule has 0 aliphatic carbocycles. The third-order valence-electron chi connectivity index (χ3n) is 4.32. The summed E-state index contributed by atoms with van der Waals surface area (Å²) in [7, 11) is 1.52. The minimum atomic E-state index is -0.483. The average molecular weight is 415 g/mol. The second-order valence-electron chi connectivity index (χ2n) is 6.39. The quantitative estimate of drug-likeness (QED) is 0.622. The molecule has 0 spiro atoms. The second kappa shape index (κ2) is 8.44. The number of aryl methyl sites for hydroxylation is 2. The van der Waals surface area contributed by atoms with E-state index in [2.05, 4.69) is 10.3 Å². The largest absolute Gasteiger partial charge is 0.495 e. The molecule has 8 nitrogen and oxygen atoms in total. The zero-order valence-electron chi connectivity index (χ0n) is 16.6. The molecule has 2 heterocycles. The zero-order valence-corrected chi connectivity index (χ0v) is 17.4. The van der Waals surface area contributed by atoms with Gasteiger partial charge in [0.15, 0.2) is 0 Å². The smallest absolute Gasteiger partial charge is 0.348 e. The highest BCUT2D eigenvalue weighted by molar-refractivity contribution is 7.20. The number of hydrogen-bond donors (Lipinski definition) is 1. The summed E-state index contributed by atoms with van der Waals surface area (Å²) < 4.78 is 11.5. The first-order valence-electron chi connectivity index (χ1n) is 8.95. The highest BCUT2D eigenvalue weighted by Crippen LogP contribution is 2.28. The van der Waals surface area contributed by atoms with E-state index in [1.165, 1.54) is 18.0 Å². The van der Waals surface area contributed by atoms with Gasteiger partial charge in [-0.1, -0.05) is 6.07 Å². The van der Waals surface area contributed by atoms with Crippen LogP contribution >= 0.6 is 11.3 Å². The lowest BCUT2D eigenvalue weighted by Crippen LogP contribution is -2.28. The van der Waals surface area contributed by atoms with E-state index in [0.717, 1.165) is 16.9 Å². The van der Waals surface area contributed by atoms with Crippen LogP contribution in [0.4, 0.5) is 5.69 Å². The van der Waals surface area contributed by atoms with Crippen LogP contribution in [-0.2, 0) is 16.1 Å². The first kappa shape index (κ1) is 20.5. The Morgan fingerprint density at radius 3 is 2.72 bits per heavy atom. The number of ether oxygens (including phenoxy) is 2. The number of aromatic nitrogens is 2. The van der Waals surface area contributed by atoms with Gasteiger partial charge in [0.05, 0.1) is 31.1 Å². The van der Waals surface area contributed by atoms with Crippen LogP contribution in [0.2, 0.25) is 0 Å². The number of carbonyl (C=O) groups is 2. The molecule has 0 aliphatic rings. The van der Waals surface area contributed by atoms with E-state index >= 15 is 0 Å². The molecule has 0 fully saturated rings. The van der Waals surface area contributed by atoms with Gasteiger partial charge in [0, 0.05) is 0 Å². The molecule has 0 atom stereocenters. The van der Waals surface area contributed by atoms with Crippen molar-refractivity contribution in [3.8, 4) is 5.75 Å². The molecule has 29 heavy (non-hydrogen) atoms. The summed E-state index contributed by atoms with van der Waals surface area (Å²) in [5, 5.41) is 3.08. The number of nitrogens with one attached hydrogen (secondary N) is 1. The van der Waals surface area contributed by atoms with Crippen molar-refractivity contribution in [2.75, 3.05) is 19.0 Å². The molecule has 3 aromatic rings. The number of hydrogen-bond acceptors (Lipinski definition) is 7. The van der Waals surface area contributed by atoms with Crippen molar-refractivity contribution in [2.24, 2.45) is 0 Å². The summed E-state index contributed by atoms with van der Waals surface area (Å²) in [6.45, 7) is 5.32. The predicted octanol–water partition coefficient (Wildman–Crippen LogP) is 2.90. The van der Waals surface area contributed by atoms with Crippen LogP contribution < -0.4 is 15.6 Å². The van der Waals surface area contributed by atoms with E-state index in [9.17, 15) is 14.4 Å². The van der Waals surface area contributed by atoms with E-state index in [1.807, 2.05) is 13.0 Å². The number of esters is 1. The highest BCUT2D eigenvalue weighted by atomic mass is 32.1. The van der Waals surface area contributed by atoms with Crippen molar-refractivity contribution >= 4 is 39.1 Å². The number of amides is 1. The summed E-state index contributed by atoms with van der Waals surface area (Å²) in [5.41, 5.74) is 1.61. The van der Waals surface area contributed by atoms with Crippen LogP contribution in [0.15, 0.2) is 29.3 Å². The predicted molar refractivity (Wildman–Crippen MR) is 111 cm³/mol. The number of thiophene rings is 1. The molecule has 0 radical (unpaired) electrons. The fraction of sp³-hybridized carbons (Fsp3) is 0.300. The SMILES string of the molecule is CCOC(=O)c1sc2ncn(CC(=O)Nc3cc(C)ccc3OC)c(=O)c2c1C. The number of nitrogens with zero attached hydrogens (tertiary/aromatic N) is 2. The van der Waals surface area contributed by atoms with Crippen molar-refractivity contribution in [3.05, 3.63) is 50.9 Å². The lowest BCUT2D eigenvalue weighted by Gasteiger charge is -2.11. The van der Waals surface area contributed by atoms with Gasteiger partial charge in [-0.25, -0.2) is 9.78 Å². The van der Waals surface area contributed by atoms with Gasteiger partial charge in [0.25, 0.3) is 5.56 Å². The number of benzene rings is 1. The fourth-order valence-corrected chi connectivity index (χ4v) is 3.96. The maximum atomic E-state index is 12.9. The number of anilines is 1. The first-order chi connectivity index (χ1) is 13.8. The molecular weight excluding hydrogens is 394 g/mol. The molecule has 1 amide bonds.